The van der Waals surface area contributed by atoms with E-state index >= 15 is 0 Å². The highest BCUT2D eigenvalue weighted by molar-refractivity contribution is 6.35. The first kappa shape index (κ1) is 31.8. The first-order valence-corrected chi connectivity index (χ1v) is 14.3. The number of aromatic hydroxyl groups is 1. The molecular weight excluding hydrogens is 568 g/mol. The molecule has 3 aliphatic heterocycles. The van der Waals surface area contributed by atoms with E-state index in [-0.39, 0.29) is 30.0 Å². The second-order valence-corrected chi connectivity index (χ2v) is 11.8. The summed E-state index contributed by atoms with van der Waals surface area (Å²) in [5, 5.41) is 24.6. The molecule has 7 unspecified atom stereocenters. The zero-order valence-electron chi connectivity index (χ0n) is 24.7. The van der Waals surface area contributed by atoms with Crippen LogP contribution >= 0.6 is 11.6 Å². The lowest BCUT2D eigenvalue weighted by molar-refractivity contribution is -0.153. The number of amides is 2. The van der Waals surface area contributed by atoms with E-state index in [1.54, 1.807) is 32.1 Å². The van der Waals surface area contributed by atoms with Gasteiger partial charge in [0.05, 0.1) is 18.2 Å². The van der Waals surface area contributed by atoms with E-state index in [1.165, 1.54) is 25.1 Å². The van der Waals surface area contributed by atoms with Crippen LogP contribution in [0.15, 0.2) is 35.9 Å². The fraction of sp³-hybridized carbons (Fsp3) is 0.567. The molecule has 2 saturated heterocycles. The number of benzene rings is 1. The molecule has 3 N–H and O–H groups in total. The van der Waals surface area contributed by atoms with Crippen molar-refractivity contribution in [1.82, 2.24) is 5.32 Å². The first-order valence-electron chi connectivity index (χ1n) is 14.0. The maximum Gasteiger partial charge on any atom is 0.409 e. The molecule has 4 bridgehead atoms. The van der Waals surface area contributed by atoms with Crippen molar-refractivity contribution < 1.29 is 43.5 Å². The fourth-order valence-corrected chi connectivity index (χ4v) is 5.95. The van der Waals surface area contributed by atoms with Gasteiger partial charge in [-0.2, -0.15) is 0 Å². The number of anilines is 1. The van der Waals surface area contributed by atoms with Crippen LogP contribution in [-0.4, -0.2) is 78.1 Å². The maximum atomic E-state index is 13.6. The van der Waals surface area contributed by atoms with Gasteiger partial charge in [-0.05, 0) is 38.0 Å². The number of fused-ring (bicyclic) bond motifs is 5. The summed E-state index contributed by atoms with van der Waals surface area (Å²) in [6, 6.07) is 3.25. The third-order valence-electron chi connectivity index (χ3n) is 8.31. The molecule has 11 nitrogen and oxygen atoms in total. The van der Waals surface area contributed by atoms with Gasteiger partial charge in [-0.1, -0.05) is 49.2 Å². The van der Waals surface area contributed by atoms with Gasteiger partial charge in [0.2, 0.25) is 5.91 Å². The first-order chi connectivity index (χ1) is 19.7. The van der Waals surface area contributed by atoms with Crippen molar-refractivity contribution in [2.75, 3.05) is 19.1 Å². The molecule has 0 radical (unpaired) electrons. The lowest BCUT2D eigenvalue weighted by Crippen LogP contribution is -2.63. The molecular formula is C30H39ClN2O9. The number of epoxide rings is 1. The number of nitrogens with one attached hydrogen (secondary N) is 1. The number of ether oxygens (including phenoxy) is 4. The van der Waals surface area contributed by atoms with Gasteiger partial charge in [0.1, 0.15) is 34.7 Å². The summed E-state index contributed by atoms with van der Waals surface area (Å²) < 4.78 is 22.9. The average Bonchev–Trinajstić information content (AvgIpc) is 3.62. The summed E-state index contributed by atoms with van der Waals surface area (Å²) in [5.41, 5.74) is -0.952. The minimum absolute atomic E-state index is 0.00785. The summed E-state index contributed by atoms with van der Waals surface area (Å²) in [7, 11) is 2.97. The number of rotatable bonds is 3. The van der Waals surface area contributed by atoms with Crippen LogP contribution in [0, 0.1) is 5.92 Å². The van der Waals surface area contributed by atoms with Crippen molar-refractivity contribution in [3.8, 4) is 5.75 Å². The molecule has 230 valence electrons. The van der Waals surface area contributed by atoms with Crippen LogP contribution in [0.2, 0.25) is 5.02 Å². The summed E-state index contributed by atoms with van der Waals surface area (Å²) >= 11 is 6.42. The molecule has 2 amide bonds. The van der Waals surface area contributed by atoms with Crippen molar-refractivity contribution in [3.05, 3.63) is 46.5 Å². The standard InChI is InChI=1S/C30H39ClN2O9/c1-7-25(36)41-23-14-24(35)33(5)19-12-18(13-20(34)26(19)31)11-16(2)9-8-10-22(39-6)30(38)15-21(40-28(37)32-30)17(3)27-29(23,4)42-27/h8-10,12-13,17,21-23,27,34,38H,7,11,14-15H2,1-6H3,(H,32,37). The van der Waals surface area contributed by atoms with Crippen LogP contribution < -0.4 is 10.2 Å². The van der Waals surface area contributed by atoms with E-state index < -0.39 is 59.6 Å². The van der Waals surface area contributed by atoms with Crippen LogP contribution in [0.5, 0.6) is 5.75 Å². The largest absolute Gasteiger partial charge is 0.506 e. The van der Waals surface area contributed by atoms with E-state index in [0.717, 1.165) is 5.57 Å². The van der Waals surface area contributed by atoms with E-state index in [4.69, 9.17) is 30.5 Å². The maximum absolute atomic E-state index is 13.6. The number of carbonyl (C=O) groups excluding carboxylic acids is 3. The molecule has 0 spiro atoms. The molecule has 42 heavy (non-hydrogen) atoms. The average molecular weight is 607 g/mol. The minimum Gasteiger partial charge on any atom is -0.506 e. The molecule has 0 saturated carbocycles. The van der Waals surface area contributed by atoms with Gasteiger partial charge in [-0.15, -0.1) is 0 Å². The highest BCUT2D eigenvalue weighted by Gasteiger charge is 2.64. The number of phenols is 1. The molecule has 0 aromatic heterocycles. The summed E-state index contributed by atoms with van der Waals surface area (Å²) in [6.07, 6.45) is 1.43. The Hall–Kier alpha value is -3.12. The van der Waals surface area contributed by atoms with Crippen LogP contribution in [0.25, 0.3) is 0 Å². The fourth-order valence-electron chi connectivity index (χ4n) is 5.71. The van der Waals surface area contributed by atoms with E-state index in [9.17, 15) is 24.6 Å². The van der Waals surface area contributed by atoms with E-state index in [2.05, 4.69) is 5.32 Å². The molecule has 0 aliphatic carbocycles. The lowest BCUT2D eigenvalue weighted by atomic mass is 9.83. The van der Waals surface area contributed by atoms with Crippen molar-refractivity contribution in [3.63, 3.8) is 0 Å². The summed E-state index contributed by atoms with van der Waals surface area (Å²) in [4.78, 5) is 39.9. The number of carbonyl (C=O) groups is 3. The number of nitrogens with zero attached hydrogens (tertiary/aromatic N) is 1. The predicted octanol–water partition coefficient (Wildman–Crippen LogP) is 3.77. The number of alkyl carbamates (subject to hydrolysis) is 1. The molecule has 1 aromatic rings. The number of phenolic OH excluding ortho intramolecular Hbond substituents is 1. The van der Waals surface area contributed by atoms with Gasteiger partial charge in [0, 0.05) is 32.9 Å². The number of esters is 1. The molecule has 12 heteroatoms. The Morgan fingerprint density at radius 3 is 2.69 bits per heavy atom. The predicted molar refractivity (Wildman–Crippen MR) is 154 cm³/mol. The van der Waals surface area contributed by atoms with Gasteiger partial charge in [0.15, 0.2) is 5.72 Å². The van der Waals surface area contributed by atoms with Gasteiger partial charge in [-0.3, -0.25) is 14.9 Å². The third kappa shape index (κ3) is 6.44. The number of methoxy groups -OCH3 is 1. The zero-order chi connectivity index (χ0) is 31.0. The summed E-state index contributed by atoms with van der Waals surface area (Å²) in [5.74, 6) is -1.54. The Kier molecular flexibility index (Phi) is 9.27. The number of aliphatic hydroxyl groups is 1. The van der Waals surface area contributed by atoms with Crippen molar-refractivity contribution in [2.45, 2.75) is 89.1 Å². The minimum atomic E-state index is -1.78. The smallest absolute Gasteiger partial charge is 0.409 e. The van der Waals surface area contributed by atoms with Gasteiger partial charge < -0.3 is 34.1 Å². The Labute approximate surface area is 250 Å². The summed E-state index contributed by atoms with van der Waals surface area (Å²) in [6.45, 7) is 7.08. The Morgan fingerprint density at radius 1 is 1.31 bits per heavy atom. The number of halogens is 1. The van der Waals surface area contributed by atoms with Gasteiger partial charge >= 0.3 is 12.1 Å². The third-order valence-corrected chi connectivity index (χ3v) is 8.69. The van der Waals surface area contributed by atoms with E-state index in [0.29, 0.717) is 17.7 Å². The topological polar surface area (TPSA) is 147 Å². The second kappa shape index (κ2) is 12.2. The highest BCUT2D eigenvalue weighted by Crippen LogP contribution is 2.49. The molecule has 7 atom stereocenters. The van der Waals surface area contributed by atoms with Crippen molar-refractivity contribution >= 4 is 35.3 Å². The molecule has 3 aliphatic rings. The number of hydrogen-bond acceptors (Lipinski definition) is 9. The second-order valence-electron chi connectivity index (χ2n) is 11.4. The molecule has 3 heterocycles. The van der Waals surface area contributed by atoms with Gasteiger partial charge in [0.25, 0.3) is 0 Å². The van der Waals surface area contributed by atoms with E-state index in [1.807, 2.05) is 19.9 Å². The lowest BCUT2D eigenvalue weighted by Gasteiger charge is -2.42. The zero-order valence-corrected chi connectivity index (χ0v) is 25.4. The van der Waals surface area contributed by atoms with Crippen molar-refractivity contribution in [2.24, 2.45) is 5.92 Å². The Bertz CT molecular complexity index is 1300. The Morgan fingerprint density at radius 2 is 2.02 bits per heavy atom. The van der Waals surface area contributed by atoms with Crippen molar-refractivity contribution in [1.29, 1.82) is 0 Å². The molecule has 2 fully saturated rings. The van der Waals surface area contributed by atoms with Gasteiger partial charge in [-0.25, -0.2) is 4.79 Å². The van der Waals surface area contributed by atoms with Crippen LogP contribution in [-0.2, 0) is 35.0 Å². The molecule has 4 rings (SSSR count). The van der Waals surface area contributed by atoms with Crippen LogP contribution in [0.4, 0.5) is 10.5 Å². The Balaban J connectivity index is 1.78. The SMILES string of the molecule is CCC(=O)OC1CC(=O)N(C)c2cc(cc(O)c2Cl)CC(C)=CC=CC(OC)C2(O)CC(OC(=O)N2)C(C)C2OC12C. The molecule has 1 aromatic carbocycles. The number of allylic oxidation sites excluding steroid dienone is 3. The van der Waals surface area contributed by atoms with Crippen LogP contribution in [0.3, 0.4) is 0 Å². The van der Waals surface area contributed by atoms with Crippen LogP contribution in [0.1, 0.15) is 52.5 Å². The quantitative estimate of drug-likeness (QED) is 0.345. The highest BCUT2D eigenvalue weighted by atomic mass is 35.5. The number of hydrogen-bond donors (Lipinski definition) is 3. The monoisotopic (exact) mass is 606 g/mol. The normalized spacial score (nSPS) is 33.7.